The first-order chi connectivity index (χ1) is 14.5. The molecule has 1 heterocycles. The minimum absolute atomic E-state index is 0.137. The molecular weight excluding hydrogens is 398 g/mol. The number of aryl methyl sites for hydroxylation is 2. The topological polar surface area (TPSA) is 77.2 Å². The molecule has 152 valence electrons. The van der Waals surface area contributed by atoms with Crippen molar-refractivity contribution in [3.8, 4) is 5.75 Å². The van der Waals surface area contributed by atoms with Gasteiger partial charge in [-0.25, -0.2) is 0 Å². The van der Waals surface area contributed by atoms with Crippen molar-refractivity contribution in [1.29, 1.82) is 0 Å². The molecule has 3 aromatic carbocycles. The third-order valence-electron chi connectivity index (χ3n) is 4.37. The highest BCUT2D eigenvalue weighted by Gasteiger charge is 2.11. The van der Waals surface area contributed by atoms with Crippen LogP contribution in [0.4, 0.5) is 5.69 Å². The van der Waals surface area contributed by atoms with Crippen molar-refractivity contribution in [3.05, 3.63) is 77.7 Å². The number of aromatic nitrogens is 2. The van der Waals surface area contributed by atoms with Gasteiger partial charge in [0.2, 0.25) is 5.91 Å². The number of ether oxygens (including phenoxy) is 1. The molecule has 1 N–H and O–H groups in total. The Morgan fingerprint density at radius 1 is 1.00 bits per heavy atom. The fraction of sp³-hybridized carbons (Fsp3) is 0.174. The van der Waals surface area contributed by atoms with Gasteiger partial charge in [0.05, 0.1) is 5.75 Å². The van der Waals surface area contributed by atoms with E-state index < -0.39 is 0 Å². The van der Waals surface area contributed by atoms with Gasteiger partial charge in [-0.1, -0.05) is 48.2 Å². The van der Waals surface area contributed by atoms with Crippen LogP contribution in [0, 0.1) is 13.8 Å². The minimum atomic E-state index is -0.137. The van der Waals surface area contributed by atoms with Crippen molar-refractivity contribution in [2.24, 2.45) is 0 Å². The zero-order chi connectivity index (χ0) is 20.9. The Morgan fingerprint density at radius 2 is 1.77 bits per heavy atom. The van der Waals surface area contributed by atoms with Crippen LogP contribution < -0.4 is 10.1 Å². The number of fused-ring (bicyclic) bond motifs is 1. The highest BCUT2D eigenvalue weighted by molar-refractivity contribution is 7.99. The number of hydrogen-bond acceptors (Lipinski definition) is 6. The number of hydrogen-bond donors (Lipinski definition) is 1. The van der Waals surface area contributed by atoms with Crippen molar-refractivity contribution in [2.75, 3.05) is 11.1 Å². The maximum atomic E-state index is 12.3. The van der Waals surface area contributed by atoms with Crippen LogP contribution in [0.2, 0.25) is 0 Å². The summed E-state index contributed by atoms with van der Waals surface area (Å²) in [6, 6.07) is 19.8. The van der Waals surface area contributed by atoms with Crippen LogP contribution in [0.5, 0.6) is 5.75 Å². The lowest BCUT2D eigenvalue weighted by Gasteiger charge is -2.06. The highest BCUT2D eigenvalue weighted by Crippen LogP contribution is 2.21. The molecule has 1 aromatic heterocycles. The second-order valence-corrected chi connectivity index (χ2v) is 7.90. The average molecular weight is 420 g/mol. The van der Waals surface area contributed by atoms with Crippen LogP contribution in [0.1, 0.15) is 17.0 Å². The molecular formula is C23H21N3O3S. The van der Waals surface area contributed by atoms with Gasteiger partial charge in [0.25, 0.3) is 11.1 Å². The summed E-state index contributed by atoms with van der Waals surface area (Å²) in [5, 5.41) is 13.4. The molecule has 0 aliphatic rings. The Bertz CT molecular complexity index is 1170. The van der Waals surface area contributed by atoms with E-state index in [2.05, 4.69) is 21.6 Å². The molecule has 0 atom stereocenters. The second kappa shape index (κ2) is 9.00. The van der Waals surface area contributed by atoms with Gasteiger partial charge in [-0.2, -0.15) is 0 Å². The fourth-order valence-corrected chi connectivity index (χ4v) is 3.69. The van der Waals surface area contributed by atoms with Gasteiger partial charge >= 0.3 is 0 Å². The Morgan fingerprint density at radius 3 is 2.57 bits per heavy atom. The van der Waals surface area contributed by atoms with Crippen molar-refractivity contribution in [3.63, 3.8) is 0 Å². The molecule has 0 aliphatic heterocycles. The first-order valence-corrected chi connectivity index (χ1v) is 10.5. The van der Waals surface area contributed by atoms with E-state index in [1.54, 1.807) is 0 Å². The number of thioether (sulfide) groups is 1. The van der Waals surface area contributed by atoms with E-state index in [1.165, 1.54) is 11.8 Å². The molecule has 30 heavy (non-hydrogen) atoms. The molecule has 0 aliphatic carbocycles. The van der Waals surface area contributed by atoms with Crippen LogP contribution in [0.15, 0.2) is 70.3 Å². The summed E-state index contributed by atoms with van der Waals surface area (Å²) in [6.45, 7) is 4.22. The van der Waals surface area contributed by atoms with Crippen molar-refractivity contribution >= 4 is 34.1 Å². The maximum absolute atomic E-state index is 12.3. The van der Waals surface area contributed by atoms with Crippen molar-refractivity contribution < 1.29 is 13.9 Å². The van der Waals surface area contributed by atoms with E-state index >= 15 is 0 Å². The van der Waals surface area contributed by atoms with Gasteiger partial charge in [0.1, 0.15) is 5.75 Å². The SMILES string of the molecule is Cc1cc(C)cc(OCc2nnc(SCC(=O)Nc3ccc4ccccc4c3)o2)c1. The normalized spacial score (nSPS) is 10.9. The number of rotatable bonds is 7. The van der Waals surface area contributed by atoms with Gasteiger partial charge < -0.3 is 14.5 Å². The summed E-state index contributed by atoms with van der Waals surface area (Å²) >= 11 is 1.19. The molecule has 4 aromatic rings. The number of nitrogens with one attached hydrogen (secondary N) is 1. The van der Waals surface area contributed by atoms with Gasteiger partial charge in [-0.15, -0.1) is 10.2 Å². The summed E-state index contributed by atoms with van der Waals surface area (Å²) in [6.07, 6.45) is 0. The van der Waals surface area contributed by atoms with Crippen molar-refractivity contribution in [2.45, 2.75) is 25.7 Å². The van der Waals surface area contributed by atoms with E-state index in [9.17, 15) is 4.79 Å². The van der Waals surface area contributed by atoms with E-state index in [4.69, 9.17) is 9.15 Å². The predicted molar refractivity (Wildman–Crippen MR) is 118 cm³/mol. The number of nitrogens with zero attached hydrogens (tertiary/aromatic N) is 2. The summed E-state index contributed by atoms with van der Waals surface area (Å²) in [5.41, 5.74) is 3.01. The van der Waals surface area contributed by atoms with E-state index in [0.29, 0.717) is 11.1 Å². The number of anilines is 1. The van der Waals surface area contributed by atoms with Crippen LogP contribution in [0.25, 0.3) is 10.8 Å². The number of benzene rings is 3. The Balaban J connectivity index is 1.28. The summed E-state index contributed by atoms with van der Waals surface area (Å²) < 4.78 is 11.3. The van der Waals surface area contributed by atoms with Crippen LogP contribution in [-0.4, -0.2) is 21.9 Å². The maximum Gasteiger partial charge on any atom is 0.277 e. The molecule has 4 rings (SSSR count). The predicted octanol–water partition coefficient (Wildman–Crippen LogP) is 5.15. The number of amides is 1. The minimum Gasteiger partial charge on any atom is -0.484 e. The summed E-state index contributed by atoms with van der Waals surface area (Å²) in [4.78, 5) is 12.3. The molecule has 1 amide bonds. The Kier molecular flexibility index (Phi) is 5.99. The molecule has 0 fully saturated rings. The third-order valence-corrected chi connectivity index (χ3v) is 5.18. The zero-order valence-electron chi connectivity index (χ0n) is 16.7. The first-order valence-electron chi connectivity index (χ1n) is 9.50. The molecule has 0 saturated carbocycles. The third kappa shape index (κ3) is 5.18. The zero-order valence-corrected chi connectivity index (χ0v) is 17.5. The molecule has 0 unspecified atom stereocenters. The first kappa shape index (κ1) is 20.0. The van der Waals surface area contributed by atoms with Crippen LogP contribution in [-0.2, 0) is 11.4 Å². The average Bonchev–Trinajstić information content (AvgIpc) is 3.18. The lowest BCUT2D eigenvalue weighted by atomic mass is 10.1. The molecule has 0 radical (unpaired) electrons. The van der Waals surface area contributed by atoms with Gasteiger partial charge in [0.15, 0.2) is 6.61 Å². The van der Waals surface area contributed by atoms with Crippen LogP contribution >= 0.6 is 11.8 Å². The number of carbonyl (C=O) groups excluding carboxylic acids is 1. The smallest absolute Gasteiger partial charge is 0.277 e. The molecule has 0 bridgehead atoms. The largest absolute Gasteiger partial charge is 0.484 e. The second-order valence-electron chi connectivity index (χ2n) is 6.97. The van der Waals surface area contributed by atoms with Gasteiger partial charge in [-0.3, -0.25) is 4.79 Å². The Labute approximate surface area is 178 Å². The molecule has 0 spiro atoms. The molecule has 0 saturated heterocycles. The summed E-state index contributed by atoms with van der Waals surface area (Å²) in [7, 11) is 0. The van der Waals surface area contributed by atoms with E-state index in [-0.39, 0.29) is 18.3 Å². The number of carbonyl (C=O) groups is 1. The lowest BCUT2D eigenvalue weighted by molar-refractivity contribution is -0.113. The summed E-state index contributed by atoms with van der Waals surface area (Å²) in [5.74, 6) is 1.16. The standard InChI is InChI=1S/C23H21N3O3S/c1-15-9-16(2)11-20(10-15)28-13-22-25-26-23(29-22)30-14-21(27)24-19-8-7-17-5-3-4-6-18(17)12-19/h3-12H,13-14H2,1-2H3,(H,24,27). The fourth-order valence-electron chi connectivity index (χ4n) is 3.11. The van der Waals surface area contributed by atoms with E-state index in [1.807, 2.05) is 68.4 Å². The quantitative estimate of drug-likeness (QED) is 0.418. The van der Waals surface area contributed by atoms with Gasteiger partial charge in [-0.05, 0) is 60.0 Å². The lowest BCUT2D eigenvalue weighted by Crippen LogP contribution is -2.13. The van der Waals surface area contributed by atoms with Crippen molar-refractivity contribution in [1.82, 2.24) is 10.2 Å². The molecule has 6 nitrogen and oxygen atoms in total. The van der Waals surface area contributed by atoms with Crippen LogP contribution in [0.3, 0.4) is 0 Å². The van der Waals surface area contributed by atoms with Gasteiger partial charge in [0, 0.05) is 5.69 Å². The molecule has 7 heteroatoms. The monoisotopic (exact) mass is 419 g/mol. The highest BCUT2D eigenvalue weighted by atomic mass is 32.2. The Hall–Kier alpha value is -3.32. The van der Waals surface area contributed by atoms with E-state index in [0.717, 1.165) is 33.3 Å².